The predicted molar refractivity (Wildman–Crippen MR) is 91.7 cm³/mol. The lowest BCUT2D eigenvalue weighted by atomic mass is 10.0. The average Bonchev–Trinajstić information content (AvgIpc) is 3.18. The molecule has 0 aromatic heterocycles. The van der Waals surface area contributed by atoms with Gasteiger partial charge in [0, 0.05) is 11.1 Å². The van der Waals surface area contributed by atoms with Crippen molar-refractivity contribution < 1.29 is 13.9 Å². The van der Waals surface area contributed by atoms with Gasteiger partial charge in [-0.05, 0) is 41.8 Å². The van der Waals surface area contributed by atoms with E-state index < -0.39 is 0 Å². The van der Waals surface area contributed by atoms with Crippen LogP contribution < -0.4 is 5.32 Å². The quantitative estimate of drug-likeness (QED) is 0.843. The summed E-state index contributed by atoms with van der Waals surface area (Å²) in [6.07, 6.45) is 2.90. The second-order valence-electron chi connectivity index (χ2n) is 5.89. The molecule has 1 amide bonds. The summed E-state index contributed by atoms with van der Waals surface area (Å²) in [4.78, 5) is 12.3. The lowest BCUT2D eigenvalue weighted by Crippen LogP contribution is -2.05. The molecule has 0 radical (unpaired) electrons. The Hall–Kier alpha value is -2.88. The molecule has 0 saturated carbocycles. The highest BCUT2D eigenvalue weighted by atomic mass is 19.1. The van der Waals surface area contributed by atoms with Gasteiger partial charge >= 0.3 is 0 Å². The van der Waals surface area contributed by atoms with E-state index in [0.717, 1.165) is 17.6 Å². The molecule has 0 bridgehead atoms. The van der Waals surface area contributed by atoms with Crippen LogP contribution in [0.1, 0.15) is 23.6 Å². The monoisotopic (exact) mass is 321 g/mol. The second-order valence-corrected chi connectivity index (χ2v) is 5.89. The Bertz CT molecular complexity index is 894. The maximum absolute atomic E-state index is 13.3. The van der Waals surface area contributed by atoms with Crippen molar-refractivity contribution in [1.29, 1.82) is 0 Å². The number of hydrogen-bond donors (Lipinski definition) is 1. The van der Waals surface area contributed by atoms with Gasteiger partial charge in [-0.1, -0.05) is 31.2 Å². The lowest BCUT2D eigenvalue weighted by Gasteiger charge is -2.03. The van der Waals surface area contributed by atoms with E-state index in [1.807, 2.05) is 6.08 Å². The summed E-state index contributed by atoms with van der Waals surface area (Å²) in [5.74, 6) is -0.100. The Kier molecular flexibility index (Phi) is 3.45. The van der Waals surface area contributed by atoms with Gasteiger partial charge in [0.25, 0.3) is 5.91 Å². The van der Waals surface area contributed by atoms with Gasteiger partial charge in [-0.2, -0.15) is 0 Å². The van der Waals surface area contributed by atoms with E-state index in [9.17, 15) is 9.18 Å². The molecule has 3 nitrogen and oxygen atoms in total. The Morgan fingerprint density at radius 3 is 2.71 bits per heavy atom. The molecule has 0 aliphatic carbocycles. The number of aryl methyl sites for hydroxylation is 1. The number of hydrogen-bond acceptors (Lipinski definition) is 2. The topological polar surface area (TPSA) is 38.3 Å². The number of fused-ring (bicyclic) bond motifs is 1. The number of rotatable bonds is 2. The number of carbonyl (C=O) groups excluding carboxylic acids is 1. The zero-order valence-electron chi connectivity index (χ0n) is 13.2. The van der Waals surface area contributed by atoms with E-state index in [2.05, 4.69) is 36.5 Å². The largest absolute Gasteiger partial charge is 0.488 e. The number of amides is 1. The Morgan fingerprint density at radius 2 is 1.96 bits per heavy atom. The zero-order valence-corrected chi connectivity index (χ0v) is 13.2. The molecular weight excluding hydrogens is 305 g/mol. The second kappa shape index (κ2) is 5.64. The predicted octanol–water partition coefficient (Wildman–Crippen LogP) is 4.17. The number of carbonyl (C=O) groups is 1. The summed E-state index contributed by atoms with van der Waals surface area (Å²) in [6.45, 7) is 2.54. The Balaban J connectivity index is 1.74. The third-order valence-corrected chi connectivity index (χ3v) is 4.39. The van der Waals surface area contributed by atoms with Crippen molar-refractivity contribution in [3.05, 3.63) is 76.8 Å². The smallest absolute Gasteiger partial charge is 0.260 e. The standard InChI is InChI=1S/C20H16FNO2/c1-2-12-3-5-13(6-4-12)14-9-18(24-11-14)19-16-8-7-15(21)10-17(16)22-20(19)23/h3-10H,2,11H2,1H3,(H,22,23)/b19-18+. The third-order valence-electron chi connectivity index (χ3n) is 4.39. The number of ether oxygens (including phenoxy) is 1. The minimum atomic E-state index is -0.375. The van der Waals surface area contributed by atoms with E-state index in [1.165, 1.54) is 17.7 Å². The van der Waals surface area contributed by atoms with Crippen LogP contribution in [0.5, 0.6) is 0 Å². The maximum atomic E-state index is 13.3. The minimum absolute atomic E-state index is 0.260. The summed E-state index contributed by atoms with van der Waals surface area (Å²) in [5.41, 5.74) is 5.02. The molecule has 0 atom stereocenters. The van der Waals surface area contributed by atoms with E-state index in [-0.39, 0.29) is 11.7 Å². The first kappa shape index (κ1) is 14.7. The van der Waals surface area contributed by atoms with E-state index in [0.29, 0.717) is 29.2 Å². The van der Waals surface area contributed by atoms with Gasteiger partial charge in [-0.15, -0.1) is 0 Å². The third kappa shape index (κ3) is 2.40. The van der Waals surface area contributed by atoms with Crippen molar-refractivity contribution in [2.45, 2.75) is 13.3 Å². The van der Waals surface area contributed by atoms with Gasteiger partial charge in [0.05, 0.1) is 11.3 Å². The van der Waals surface area contributed by atoms with Crippen molar-refractivity contribution in [2.24, 2.45) is 0 Å². The van der Waals surface area contributed by atoms with Crippen molar-refractivity contribution in [3.8, 4) is 0 Å². The molecule has 120 valence electrons. The zero-order chi connectivity index (χ0) is 16.7. The number of allylic oxidation sites excluding steroid dienone is 1. The first-order valence-electron chi connectivity index (χ1n) is 7.94. The molecule has 24 heavy (non-hydrogen) atoms. The molecule has 2 aliphatic heterocycles. The number of halogens is 1. The van der Waals surface area contributed by atoms with E-state index in [4.69, 9.17) is 4.74 Å². The molecule has 2 heterocycles. The first-order valence-corrected chi connectivity index (χ1v) is 7.94. The Labute approximate surface area is 139 Å². The number of nitrogens with one attached hydrogen (secondary N) is 1. The van der Waals surface area contributed by atoms with Crippen LogP contribution in [0.3, 0.4) is 0 Å². The fourth-order valence-corrected chi connectivity index (χ4v) is 3.05. The van der Waals surface area contributed by atoms with Crippen molar-refractivity contribution in [3.63, 3.8) is 0 Å². The molecule has 1 N–H and O–H groups in total. The van der Waals surface area contributed by atoms with Crippen LogP contribution in [-0.2, 0) is 16.0 Å². The molecule has 2 aromatic rings. The van der Waals surface area contributed by atoms with Crippen molar-refractivity contribution in [1.82, 2.24) is 0 Å². The van der Waals surface area contributed by atoms with Crippen LogP contribution in [0.2, 0.25) is 0 Å². The summed E-state index contributed by atoms with van der Waals surface area (Å²) < 4.78 is 19.1. The Morgan fingerprint density at radius 1 is 1.17 bits per heavy atom. The average molecular weight is 321 g/mol. The summed E-state index contributed by atoms with van der Waals surface area (Å²) in [5, 5.41) is 2.69. The number of anilines is 1. The highest BCUT2D eigenvalue weighted by Crippen LogP contribution is 2.38. The fraction of sp³-hybridized carbons (Fsp3) is 0.150. The van der Waals surface area contributed by atoms with Crippen molar-refractivity contribution >= 4 is 22.7 Å². The van der Waals surface area contributed by atoms with Gasteiger partial charge < -0.3 is 10.1 Å². The van der Waals surface area contributed by atoms with Crippen LogP contribution in [-0.4, -0.2) is 12.5 Å². The lowest BCUT2D eigenvalue weighted by molar-refractivity contribution is -0.110. The SMILES string of the molecule is CCc1ccc(C2=C/C(=C3\C(=O)Nc4cc(F)ccc43)OC2)cc1. The minimum Gasteiger partial charge on any atom is -0.488 e. The van der Waals surface area contributed by atoms with Gasteiger partial charge in [0.1, 0.15) is 18.2 Å². The first-order chi connectivity index (χ1) is 11.7. The molecular formula is C20H16FNO2. The molecule has 0 unspecified atom stereocenters. The van der Waals surface area contributed by atoms with Crippen LogP contribution in [0.4, 0.5) is 10.1 Å². The summed E-state index contributed by atoms with van der Waals surface area (Å²) >= 11 is 0. The van der Waals surface area contributed by atoms with Gasteiger partial charge in [0.2, 0.25) is 0 Å². The van der Waals surface area contributed by atoms with Gasteiger partial charge in [0.15, 0.2) is 0 Å². The fourth-order valence-electron chi connectivity index (χ4n) is 3.05. The molecule has 2 aromatic carbocycles. The molecule has 0 spiro atoms. The van der Waals surface area contributed by atoms with Crippen LogP contribution in [0, 0.1) is 5.82 Å². The molecule has 4 heteroatoms. The normalized spacial score (nSPS) is 18.9. The number of benzene rings is 2. The maximum Gasteiger partial charge on any atom is 0.260 e. The van der Waals surface area contributed by atoms with Gasteiger partial charge in [-0.3, -0.25) is 4.79 Å². The van der Waals surface area contributed by atoms with E-state index in [1.54, 1.807) is 6.07 Å². The molecule has 0 fully saturated rings. The molecule has 4 rings (SSSR count). The summed E-state index contributed by atoms with van der Waals surface area (Å²) in [7, 11) is 0. The molecule has 0 saturated heterocycles. The van der Waals surface area contributed by atoms with Crippen LogP contribution in [0.15, 0.2) is 54.3 Å². The highest BCUT2D eigenvalue weighted by molar-refractivity contribution is 6.32. The van der Waals surface area contributed by atoms with Crippen LogP contribution >= 0.6 is 0 Å². The van der Waals surface area contributed by atoms with Crippen LogP contribution in [0.25, 0.3) is 11.1 Å². The highest BCUT2D eigenvalue weighted by Gasteiger charge is 2.30. The van der Waals surface area contributed by atoms with Gasteiger partial charge in [-0.25, -0.2) is 4.39 Å². The van der Waals surface area contributed by atoms with Crippen molar-refractivity contribution in [2.75, 3.05) is 11.9 Å². The van der Waals surface area contributed by atoms with E-state index >= 15 is 0 Å². The summed E-state index contributed by atoms with van der Waals surface area (Å²) in [6, 6.07) is 12.6. The molecule has 2 aliphatic rings.